The zero-order chi connectivity index (χ0) is 15.6. The summed E-state index contributed by atoms with van der Waals surface area (Å²) in [5.41, 5.74) is 1.04. The van der Waals surface area contributed by atoms with E-state index in [1.54, 1.807) is 0 Å². The van der Waals surface area contributed by atoms with Gasteiger partial charge in [-0.3, -0.25) is 0 Å². The van der Waals surface area contributed by atoms with Crippen LogP contribution < -0.4 is 4.74 Å². The molecule has 22 heavy (non-hydrogen) atoms. The molecule has 1 heteroatoms. The van der Waals surface area contributed by atoms with E-state index in [0.717, 1.165) is 23.1 Å². The molecule has 1 aromatic rings. The Bertz CT molecular complexity index is 507. The highest BCUT2D eigenvalue weighted by Crippen LogP contribution is 2.31. The molecule has 0 aromatic heterocycles. The zero-order valence-electron chi connectivity index (χ0n) is 14.0. The van der Waals surface area contributed by atoms with Crippen LogP contribution in [-0.2, 0) is 0 Å². The fraction of sp³-hybridized carbons (Fsp3) is 0.524. The largest absolute Gasteiger partial charge is 0.494 e. The fourth-order valence-electron chi connectivity index (χ4n) is 3.19. The van der Waals surface area contributed by atoms with Crippen molar-refractivity contribution in [2.75, 3.05) is 6.61 Å². The first-order valence-corrected chi connectivity index (χ1v) is 8.72. The van der Waals surface area contributed by atoms with E-state index in [4.69, 9.17) is 4.74 Å². The zero-order valence-corrected chi connectivity index (χ0v) is 14.0. The summed E-state index contributed by atoms with van der Waals surface area (Å²) in [4.78, 5) is 0. The molecule has 1 aliphatic rings. The predicted molar refractivity (Wildman–Crippen MR) is 94.0 cm³/mol. The van der Waals surface area contributed by atoms with Gasteiger partial charge < -0.3 is 4.74 Å². The van der Waals surface area contributed by atoms with E-state index in [9.17, 15) is 0 Å². The Kier molecular flexibility index (Phi) is 7.10. The molecule has 0 spiro atoms. The lowest BCUT2D eigenvalue weighted by Gasteiger charge is -2.26. The average molecular weight is 296 g/mol. The van der Waals surface area contributed by atoms with Gasteiger partial charge in [0.25, 0.3) is 0 Å². The van der Waals surface area contributed by atoms with Gasteiger partial charge in [-0.05, 0) is 74.8 Å². The Morgan fingerprint density at radius 1 is 1.09 bits per heavy atom. The highest BCUT2D eigenvalue weighted by Gasteiger charge is 2.18. The molecule has 0 N–H and O–H groups in total. The molecule has 118 valence electrons. The third-order valence-electron chi connectivity index (χ3n) is 4.42. The quantitative estimate of drug-likeness (QED) is 0.643. The third kappa shape index (κ3) is 5.60. The third-order valence-corrected chi connectivity index (χ3v) is 4.42. The van der Waals surface area contributed by atoms with Crippen LogP contribution in [0.5, 0.6) is 5.75 Å². The summed E-state index contributed by atoms with van der Waals surface area (Å²) in [5.74, 6) is 8.98. The van der Waals surface area contributed by atoms with Crippen molar-refractivity contribution >= 4 is 0 Å². The number of ether oxygens (including phenoxy) is 1. The van der Waals surface area contributed by atoms with Crippen LogP contribution in [0.3, 0.4) is 0 Å². The minimum Gasteiger partial charge on any atom is -0.494 e. The van der Waals surface area contributed by atoms with Gasteiger partial charge in [0, 0.05) is 5.56 Å². The molecule has 0 atom stereocenters. The molecule has 0 bridgehead atoms. The molecule has 0 unspecified atom stereocenters. The van der Waals surface area contributed by atoms with Crippen molar-refractivity contribution in [1.29, 1.82) is 0 Å². The lowest BCUT2D eigenvalue weighted by Crippen LogP contribution is -2.12. The van der Waals surface area contributed by atoms with Gasteiger partial charge in [0.15, 0.2) is 0 Å². The standard InChI is InChI=1S/C21H28O/c1-3-7-18-10-12-19(13-11-18)8-5-6-9-20-14-16-21(17-15-20)22-4-2/h5,8,14-19H,3-4,7,10-13H2,1-2H3/t18-,19-. The van der Waals surface area contributed by atoms with Gasteiger partial charge in [-0.1, -0.05) is 37.7 Å². The smallest absolute Gasteiger partial charge is 0.119 e. The van der Waals surface area contributed by atoms with E-state index in [2.05, 4.69) is 24.8 Å². The SMILES string of the molecule is CCC[C@H]1CC[C@H](C=CC#Cc2ccc(OCC)cc2)CC1. The van der Waals surface area contributed by atoms with E-state index < -0.39 is 0 Å². The maximum Gasteiger partial charge on any atom is 0.119 e. The van der Waals surface area contributed by atoms with Crippen molar-refractivity contribution in [3.8, 4) is 17.6 Å². The first-order valence-electron chi connectivity index (χ1n) is 8.72. The summed E-state index contributed by atoms with van der Waals surface area (Å²) in [6.07, 6.45) is 12.6. The van der Waals surface area contributed by atoms with E-state index in [0.29, 0.717) is 6.61 Å². The van der Waals surface area contributed by atoms with E-state index in [-0.39, 0.29) is 0 Å². The summed E-state index contributed by atoms with van der Waals surface area (Å²) < 4.78 is 5.43. The Morgan fingerprint density at radius 2 is 1.82 bits per heavy atom. The lowest BCUT2D eigenvalue weighted by molar-refractivity contribution is 0.294. The molecule has 2 rings (SSSR count). The summed E-state index contributed by atoms with van der Waals surface area (Å²) in [5, 5.41) is 0. The normalized spacial score (nSPS) is 21.4. The Morgan fingerprint density at radius 3 is 2.45 bits per heavy atom. The second-order valence-corrected chi connectivity index (χ2v) is 6.16. The topological polar surface area (TPSA) is 9.23 Å². The Hall–Kier alpha value is -1.68. The summed E-state index contributed by atoms with van der Waals surface area (Å²) >= 11 is 0. The summed E-state index contributed by atoms with van der Waals surface area (Å²) in [6.45, 7) is 4.99. The molecule has 0 heterocycles. The van der Waals surface area contributed by atoms with Crippen LogP contribution in [-0.4, -0.2) is 6.61 Å². The number of hydrogen-bond acceptors (Lipinski definition) is 1. The van der Waals surface area contributed by atoms with Crippen molar-refractivity contribution in [1.82, 2.24) is 0 Å². The molecule has 1 aromatic carbocycles. The van der Waals surface area contributed by atoms with Crippen LogP contribution in [0.15, 0.2) is 36.4 Å². The van der Waals surface area contributed by atoms with E-state index >= 15 is 0 Å². The van der Waals surface area contributed by atoms with E-state index in [1.165, 1.54) is 38.5 Å². The average Bonchev–Trinajstić information content (AvgIpc) is 2.55. The van der Waals surface area contributed by atoms with Crippen molar-refractivity contribution in [2.45, 2.75) is 52.4 Å². The van der Waals surface area contributed by atoms with Gasteiger partial charge in [-0.25, -0.2) is 0 Å². The highest BCUT2D eigenvalue weighted by atomic mass is 16.5. The van der Waals surface area contributed by atoms with Gasteiger partial charge >= 0.3 is 0 Å². The van der Waals surface area contributed by atoms with Gasteiger partial charge in [0.05, 0.1) is 6.61 Å². The van der Waals surface area contributed by atoms with Crippen molar-refractivity contribution < 1.29 is 4.74 Å². The summed E-state index contributed by atoms with van der Waals surface area (Å²) in [6, 6.07) is 7.99. The van der Waals surface area contributed by atoms with Gasteiger partial charge in [0.1, 0.15) is 5.75 Å². The van der Waals surface area contributed by atoms with Crippen LogP contribution in [0.1, 0.15) is 57.9 Å². The van der Waals surface area contributed by atoms with Crippen molar-refractivity contribution in [3.63, 3.8) is 0 Å². The van der Waals surface area contributed by atoms with Crippen molar-refractivity contribution in [2.24, 2.45) is 11.8 Å². The van der Waals surface area contributed by atoms with Gasteiger partial charge in [-0.15, -0.1) is 0 Å². The lowest BCUT2D eigenvalue weighted by atomic mass is 9.80. The second kappa shape index (κ2) is 9.36. The van der Waals surface area contributed by atoms with Crippen molar-refractivity contribution in [3.05, 3.63) is 42.0 Å². The fourth-order valence-corrected chi connectivity index (χ4v) is 3.19. The number of allylic oxidation sites excluding steroid dienone is 2. The summed E-state index contributed by atoms with van der Waals surface area (Å²) in [7, 11) is 0. The minimum absolute atomic E-state index is 0.703. The maximum absolute atomic E-state index is 5.43. The van der Waals surface area contributed by atoms with Crippen LogP contribution in [0.4, 0.5) is 0 Å². The minimum atomic E-state index is 0.703. The van der Waals surface area contributed by atoms with Crippen LogP contribution in [0.2, 0.25) is 0 Å². The molecule has 1 saturated carbocycles. The van der Waals surface area contributed by atoms with Crippen LogP contribution >= 0.6 is 0 Å². The number of benzene rings is 1. The van der Waals surface area contributed by atoms with E-state index in [1.807, 2.05) is 37.3 Å². The molecule has 0 radical (unpaired) electrons. The molecule has 0 aliphatic heterocycles. The maximum atomic E-state index is 5.43. The van der Waals surface area contributed by atoms with Crippen LogP contribution in [0, 0.1) is 23.7 Å². The first kappa shape index (κ1) is 16.7. The Labute approximate surface area is 135 Å². The van der Waals surface area contributed by atoms with Crippen LogP contribution in [0.25, 0.3) is 0 Å². The first-order chi connectivity index (χ1) is 10.8. The van der Waals surface area contributed by atoms with Gasteiger partial charge in [0.2, 0.25) is 0 Å². The second-order valence-electron chi connectivity index (χ2n) is 6.16. The molecular formula is C21H28O. The number of hydrogen-bond donors (Lipinski definition) is 0. The molecule has 1 aliphatic carbocycles. The molecular weight excluding hydrogens is 268 g/mol. The predicted octanol–water partition coefficient (Wildman–Crippen LogP) is 5.60. The monoisotopic (exact) mass is 296 g/mol. The van der Waals surface area contributed by atoms with Gasteiger partial charge in [-0.2, -0.15) is 0 Å². The molecule has 0 amide bonds. The highest BCUT2D eigenvalue weighted by molar-refractivity contribution is 5.40. The Balaban J connectivity index is 1.78. The molecule has 1 nitrogen and oxygen atoms in total. The molecule has 1 fully saturated rings. The molecule has 0 saturated heterocycles. The number of rotatable bonds is 5.